The van der Waals surface area contributed by atoms with E-state index >= 15 is 0 Å². The van der Waals surface area contributed by atoms with E-state index in [0.717, 1.165) is 5.39 Å². The molecule has 0 saturated carbocycles. The summed E-state index contributed by atoms with van der Waals surface area (Å²) >= 11 is 0. The van der Waals surface area contributed by atoms with E-state index in [2.05, 4.69) is 5.32 Å². The molecule has 1 unspecified atom stereocenters. The van der Waals surface area contributed by atoms with Gasteiger partial charge in [-0.15, -0.1) is 0 Å². The van der Waals surface area contributed by atoms with Crippen molar-refractivity contribution in [1.82, 2.24) is 10.2 Å². The van der Waals surface area contributed by atoms with E-state index in [1.807, 2.05) is 45.0 Å². The molecule has 1 N–H and O–H groups in total. The SMILES string of the molecule is CCc1oc2ccccc2c1C(=O)NC(C(=O)N1CCOCC1)C(C)C. The Bertz CT molecular complexity index is 790. The Morgan fingerprint density at radius 3 is 2.54 bits per heavy atom. The predicted octanol–water partition coefficient (Wildman–Crippen LogP) is 2.61. The van der Waals surface area contributed by atoms with Gasteiger partial charge in [0, 0.05) is 24.9 Å². The fraction of sp³-hybridized carbons (Fsp3) is 0.500. The number of carbonyl (C=O) groups excluding carboxylic acids is 2. The number of ether oxygens (including phenoxy) is 1. The molecule has 0 aliphatic carbocycles. The Hall–Kier alpha value is -2.34. The van der Waals surface area contributed by atoms with E-state index in [9.17, 15) is 9.59 Å². The minimum Gasteiger partial charge on any atom is -0.460 e. The Labute approximate surface area is 153 Å². The highest BCUT2D eigenvalue weighted by Crippen LogP contribution is 2.26. The number of amides is 2. The summed E-state index contributed by atoms with van der Waals surface area (Å²) in [5.74, 6) is 0.317. The number of morpholine rings is 1. The number of carbonyl (C=O) groups is 2. The van der Waals surface area contributed by atoms with Gasteiger partial charge in [-0.3, -0.25) is 9.59 Å². The van der Waals surface area contributed by atoms with Crippen LogP contribution in [0.4, 0.5) is 0 Å². The fourth-order valence-electron chi connectivity index (χ4n) is 3.30. The van der Waals surface area contributed by atoms with Crippen molar-refractivity contribution in [3.8, 4) is 0 Å². The molecule has 1 aliphatic heterocycles. The summed E-state index contributed by atoms with van der Waals surface area (Å²) in [6, 6.07) is 6.92. The van der Waals surface area contributed by atoms with Crippen LogP contribution in [-0.2, 0) is 16.0 Å². The second-order valence-electron chi connectivity index (χ2n) is 6.88. The lowest BCUT2D eigenvalue weighted by atomic mass is 10.0. The number of fused-ring (bicyclic) bond motifs is 1. The quantitative estimate of drug-likeness (QED) is 0.892. The van der Waals surface area contributed by atoms with Crippen molar-refractivity contribution in [2.75, 3.05) is 26.3 Å². The lowest BCUT2D eigenvalue weighted by molar-refractivity contribution is -0.138. The first-order valence-corrected chi connectivity index (χ1v) is 9.20. The largest absolute Gasteiger partial charge is 0.460 e. The molecular formula is C20H26N2O4. The number of benzene rings is 1. The molecule has 1 aromatic heterocycles. The van der Waals surface area contributed by atoms with E-state index in [1.54, 1.807) is 4.90 Å². The first kappa shape index (κ1) is 18.5. The smallest absolute Gasteiger partial charge is 0.256 e. The van der Waals surface area contributed by atoms with Gasteiger partial charge in [0.25, 0.3) is 5.91 Å². The number of hydrogen-bond donors (Lipinski definition) is 1. The molecular weight excluding hydrogens is 332 g/mol. The summed E-state index contributed by atoms with van der Waals surface area (Å²) in [7, 11) is 0. The van der Waals surface area contributed by atoms with Gasteiger partial charge in [0.2, 0.25) is 5.91 Å². The lowest BCUT2D eigenvalue weighted by Crippen LogP contribution is -2.53. The highest BCUT2D eigenvalue weighted by molar-refractivity contribution is 6.08. The third kappa shape index (κ3) is 3.60. The number of furan rings is 1. The van der Waals surface area contributed by atoms with E-state index in [1.165, 1.54) is 0 Å². The highest BCUT2D eigenvalue weighted by atomic mass is 16.5. The standard InChI is InChI=1S/C20H26N2O4/c1-4-15-17(14-7-5-6-8-16(14)26-15)19(23)21-18(13(2)3)20(24)22-9-11-25-12-10-22/h5-8,13,18H,4,9-12H2,1-3H3,(H,21,23). The zero-order valence-corrected chi connectivity index (χ0v) is 15.6. The third-order valence-corrected chi connectivity index (χ3v) is 4.76. The average Bonchev–Trinajstić information content (AvgIpc) is 3.04. The highest BCUT2D eigenvalue weighted by Gasteiger charge is 2.31. The molecule has 0 spiro atoms. The average molecular weight is 358 g/mol. The van der Waals surface area contributed by atoms with Crippen LogP contribution < -0.4 is 5.32 Å². The van der Waals surface area contributed by atoms with Crippen LogP contribution in [0.15, 0.2) is 28.7 Å². The molecule has 3 rings (SSSR count). The molecule has 1 fully saturated rings. The molecule has 1 atom stereocenters. The number of rotatable bonds is 5. The summed E-state index contributed by atoms with van der Waals surface area (Å²) < 4.78 is 11.1. The minimum absolute atomic E-state index is 0.0162. The van der Waals surface area contributed by atoms with Gasteiger partial charge in [-0.05, 0) is 12.0 Å². The van der Waals surface area contributed by atoms with Crippen molar-refractivity contribution in [3.05, 3.63) is 35.6 Å². The summed E-state index contributed by atoms with van der Waals surface area (Å²) in [4.78, 5) is 27.7. The molecule has 1 aromatic carbocycles. The van der Waals surface area contributed by atoms with Crippen molar-refractivity contribution in [2.24, 2.45) is 5.92 Å². The normalized spacial score (nSPS) is 16.1. The van der Waals surface area contributed by atoms with Crippen LogP contribution in [0.5, 0.6) is 0 Å². The number of nitrogens with one attached hydrogen (secondary N) is 1. The topological polar surface area (TPSA) is 71.8 Å². The van der Waals surface area contributed by atoms with Gasteiger partial charge in [0.05, 0.1) is 18.8 Å². The van der Waals surface area contributed by atoms with Gasteiger partial charge < -0.3 is 19.4 Å². The first-order valence-electron chi connectivity index (χ1n) is 9.20. The molecule has 140 valence electrons. The lowest BCUT2D eigenvalue weighted by Gasteiger charge is -2.32. The van der Waals surface area contributed by atoms with Gasteiger partial charge in [0.1, 0.15) is 17.4 Å². The van der Waals surface area contributed by atoms with E-state index < -0.39 is 6.04 Å². The third-order valence-electron chi connectivity index (χ3n) is 4.76. The van der Waals surface area contributed by atoms with Crippen LogP contribution in [-0.4, -0.2) is 49.1 Å². The monoisotopic (exact) mass is 358 g/mol. The van der Waals surface area contributed by atoms with Gasteiger partial charge in [0.15, 0.2) is 0 Å². The Balaban J connectivity index is 1.85. The summed E-state index contributed by atoms with van der Waals surface area (Å²) in [6.45, 7) is 8.04. The Morgan fingerprint density at radius 2 is 1.88 bits per heavy atom. The van der Waals surface area contributed by atoms with Gasteiger partial charge in [-0.2, -0.15) is 0 Å². The molecule has 1 saturated heterocycles. The van der Waals surface area contributed by atoms with Crippen LogP contribution >= 0.6 is 0 Å². The van der Waals surface area contributed by atoms with Crippen LogP contribution in [0.3, 0.4) is 0 Å². The summed E-state index contributed by atoms with van der Waals surface area (Å²) in [6.07, 6.45) is 0.612. The molecule has 26 heavy (non-hydrogen) atoms. The number of para-hydroxylation sites is 1. The van der Waals surface area contributed by atoms with E-state index in [4.69, 9.17) is 9.15 Å². The van der Waals surface area contributed by atoms with Crippen LogP contribution in [0, 0.1) is 5.92 Å². The summed E-state index contributed by atoms with van der Waals surface area (Å²) in [5, 5.41) is 3.73. The first-order chi connectivity index (χ1) is 12.5. The van der Waals surface area contributed by atoms with E-state index in [0.29, 0.717) is 49.6 Å². The van der Waals surface area contributed by atoms with E-state index in [-0.39, 0.29) is 17.7 Å². The zero-order chi connectivity index (χ0) is 18.7. The maximum absolute atomic E-state index is 13.0. The van der Waals surface area contributed by atoms with Crippen LogP contribution in [0.1, 0.15) is 36.9 Å². The molecule has 0 radical (unpaired) electrons. The van der Waals surface area contributed by atoms with Crippen molar-refractivity contribution in [1.29, 1.82) is 0 Å². The summed E-state index contributed by atoms with van der Waals surface area (Å²) in [5.41, 5.74) is 1.22. The van der Waals surface area contributed by atoms with Crippen LogP contribution in [0.25, 0.3) is 11.0 Å². The van der Waals surface area contributed by atoms with Gasteiger partial charge >= 0.3 is 0 Å². The van der Waals surface area contributed by atoms with Crippen molar-refractivity contribution < 1.29 is 18.7 Å². The van der Waals surface area contributed by atoms with Crippen LogP contribution in [0.2, 0.25) is 0 Å². The minimum atomic E-state index is -0.570. The maximum atomic E-state index is 13.0. The molecule has 2 aromatic rings. The van der Waals surface area contributed by atoms with Gasteiger partial charge in [-0.25, -0.2) is 0 Å². The number of nitrogens with zero attached hydrogens (tertiary/aromatic N) is 1. The zero-order valence-electron chi connectivity index (χ0n) is 15.6. The van der Waals surface area contributed by atoms with Crippen molar-refractivity contribution >= 4 is 22.8 Å². The molecule has 0 bridgehead atoms. The van der Waals surface area contributed by atoms with Crippen molar-refractivity contribution in [2.45, 2.75) is 33.2 Å². The molecule has 2 heterocycles. The molecule has 2 amide bonds. The second kappa shape index (κ2) is 7.91. The van der Waals surface area contributed by atoms with Gasteiger partial charge in [-0.1, -0.05) is 39.0 Å². The fourth-order valence-corrected chi connectivity index (χ4v) is 3.30. The second-order valence-corrected chi connectivity index (χ2v) is 6.88. The molecule has 6 heteroatoms. The Morgan fingerprint density at radius 1 is 1.19 bits per heavy atom. The van der Waals surface area contributed by atoms with Crippen molar-refractivity contribution in [3.63, 3.8) is 0 Å². The number of hydrogen-bond acceptors (Lipinski definition) is 4. The molecule has 1 aliphatic rings. The Kier molecular flexibility index (Phi) is 5.61. The predicted molar refractivity (Wildman–Crippen MR) is 99.1 cm³/mol. The maximum Gasteiger partial charge on any atom is 0.256 e. The molecule has 6 nitrogen and oxygen atoms in total. The number of aryl methyl sites for hydroxylation is 1.